The van der Waals surface area contributed by atoms with Crippen molar-refractivity contribution in [1.82, 2.24) is 0 Å². The Bertz CT molecular complexity index is 4170. The molecule has 8 aromatic carbocycles. The fourth-order valence-corrected chi connectivity index (χ4v) is 18.1. The second-order valence-electron chi connectivity index (χ2n) is 29.8. The Kier molecular flexibility index (Phi) is 11.2. The Balaban J connectivity index is 1.11. The second kappa shape index (κ2) is 17.2. The lowest BCUT2D eigenvalue weighted by Crippen LogP contribution is -2.60. The highest BCUT2D eigenvalue weighted by Crippen LogP contribution is 2.58. The smallest absolute Gasteiger partial charge is 0.264 e. The summed E-state index contributed by atoms with van der Waals surface area (Å²) < 4.78 is 2.79. The molecule has 0 saturated carbocycles. The minimum Gasteiger partial charge on any atom is -0.311 e. The van der Waals surface area contributed by atoms with E-state index in [0.717, 1.165) is 6.42 Å². The average Bonchev–Trinajstić information content (AvgIpc) is 4.03. The van der Waals surface area contributed by atoms with Gasteiger partial charge < -0.3 is 9.80 Å². The first-order valence-electron chi connectivity index (χ1n) is 29.9. The van der Waals surface area contributed by atoms with Gasteiger partial charge >= 0.3 is 0 Å². The van der Waals surface area contributed by atoms with Crippen LogP contribution in [0.1, 0.15) is 185 Å². The van der Waals surface area contributed by atoms with Gasteiger partial charge in [0.15, 0.2) is 0 Å². The largest absolute Gasteiger partial charge is 0.311 e. The van der Waals surface area contributed by atoms with E-state index in [1.54, 1.807) is 0 Å². The van der Waals surface area contributed by atoms with Crippen LogP contribution in [-0.2, 0) is 37.9 Å². The standard InChI is InChI=1S/C76H79BN2S2/c1-44-36-62-67-63(37-44)79(60-33-30-47(71(5,6)7)38-49(60)45-26-28-46(29-27-45)70(2,3)4)61-43-66-58(76(16,17)54-24-20-21-25-64(54)80-66)41-59(61)77(67)69-68(78(62)48-31-32-51-55(39-48)73(10,11)35-34-72(51,8)9)50-40-56-57(42-65(50)81-69)75(14,15)53-23-19-18-22-52(53)74(56,12)13/h18-33,36-43H,34-35H2,1-17H3. The molecule has 0 unspecified atom stereocenters. The van der Waals surface area contributed by atoms with Gasteiger partial charge in [-0.2, -0.15) is 0 Å². The predicted octanol–water partition coefficient (Wildman–Crippen LogP) is 19.7. The Morgan fingerprint density at radius 3 is 1.69 bits per heavy atom. The van der Waals surface area contributed by atoms with Crippen LogP contribution >= 0.6 is 23.1 Å². The molecule has 9 aromatic rings. The molecule has 0 atom stereocenters. The van der Waals surface area contributed by atoms with Gasteiger partial charge in [0.05, 0.1) is 11.4 Å². The molecule has 2 nitrogen and oxygen atoms in total. The second-order valence-corrected chi connectivity index (χ2v) is 31.9. The van der Waals surface area contributed by atoms with Crippen molar-refractivity contribution in [2.75, 3.05) is 9.80 Å². The lowest BCUT2D eigenvalue weighted by molar-refractivity contribution is 0.332. The first-order chi connectivity index (χ1) is 38.1. The summed E-state index contributed by atoms with van der Waals surface area (Å²) in [7, 11) is 0. The van der Waals surface area contributed by atoms with Crippen LogP contribution in [0.3, 0.4) is 0 Å². The zero-order valence-electron chi connectivity index (χ0n) is 51.1. The van der Waals surface area contributed by atoms with Crippen molar-refractivity contribution in [3.8, 4) is 11.1 Å². The summed E-state index contributed by atoms with van der Waals surface area (Å²) in [5.41, 5.74) is 27.9. The van der Waals surface area contributed by atoms with E-state index in [-0.39, 0.29) is 44.6 Å². The SMILES string of the molecule is Cc1cc2c3c(c1)N(c1ccc4c(c1)C(C)(C)CCC4(C)C)c1c(sc4cc5c(cc14)C(C)(C)c1ccccc1C5(C)C)B3c1cc3c(cc1N2c1ccc(C(C)(C)C)cc1-c1ccc(C(C)(C)C)cc1)Sc1ccccc1C3(C)C. The van der Waals surface area contributed by atoms with Crippen LogP contribution in [0.2, 0.25) is 0 Å². The Morgan fingerprint density at radius 2 is 1.04 bits per heavy atom. The molecular weight excluding hydrogens is 1020 g/mol. The monoisotopic (exact) mass is 1090 g/mol. The molecule has 0 saturated heterocycles. The molecule has 3 aliphatic heterocycles. The summed E-state index contributed by atoms with van der Waals surface area (Å²) in [5.74, 6) is 0. The molecule has 5 aliphatic rings. The number of hydrogen-bond donors (Lipinski definition) is 0. The average molecular weight is 1100 g/mol. The van der Waals surface area contributed by atoms with Gasteiger partial charge in [0.1, 0.15) is 0 Å². The number of fused-ring (bicyclic) bond motifs is 11. The summed E-state index contributed by atoms with van der Waals surface area (Å²) in [6.45, 7) is 41.0. The van der Waals surface area contributed by atoms with E-state index >= 15 is 0 Å². The van der Waals surface area contributed by atoms with E-state index in [2.05, 4.69) is 284 Å². The molecule has 81 heavy (non-hydrogen) atoms. The summed E-state index contributed by atoms with van der Waals surface area (Å²) in [6.07, 6.45) is 2.34. The Hall–Kier alpha value is -6.27. The maximum atomic E-state index is 2.75. The maximum Gasteiger partial charge on any atom is 0.264 e. The molecule has 408 valence electrons. The number of aryl methyl sites for hydroxylation is 1. The van der Waals surface area contributed by atoms with Gasteiger partial charge in [0.25, 0.3) is 6.71 Å². The van der Waals surface area contributed by atoms with Crippen LogP contribution in [0.4, 0.5) is 34.1 Å². The number of hydrogen-bond acceptors (Lipinski definition) is 4. The minimum absolute atomic E-state index is 0.0274. The van der Waals surface area contributed by atoms with E-state index < -0.39 is 0 Å². The summed E-state index contributed by atoms with van der Waals surface area (Å²) in [6, 6.07) is 58.6. The third kappa shape index (κ3) is 7.65. The van der Waals surface area contributed by atoms with E-state index in [1.807, 2.05) is 11.8 Å². The molecule has 2 aliphatic carbocycles. The molecule has 0 radical (unpaired) electrons. The molecule has 5 heteroatoms. The lowest BCUT2D eigenvalue weighted by Gasteiger charge is -2.46. The first-order valence-corrected chi connectivity index (χ1v) is 31.5. The van der Waals surface area contributed by atoms with E-state index in [9.17, 15) is 0 Å². The van der Waals surface area contributed by atoms with Crippen molar-refractivity contribution < 1.29 is 0 Å². The maximum absolute atomic E-state index is 2.75. The molecule has 1 aromatic heterocycles. The van der Waals surface area contributed by atoms with Crippen molar-refractivity contribution >= 4 is 89.7 Å². The number of benzene rings is 8. The molecule has 0 N–H and O–H groups in total. The Morgan fingerprint density at radius 1 is 0.457 bits per heavy atom. The van der Waals surface area contributed by atoms with Crippen molar-refractivity contribution in [2.45, 2.75) is 178 Å². The zero-order chi connectivity index (χ0) is 57.0. The third-order valence-corrected chi connectivity index (χ3v) is 22.7. The third-order valence-electron chi connectivity index (χ3n) is 20.4. The normalized spacial score (nSPS) is 18.2. The molecule has 0 bridgehead atoms. The highest BCUT2D eigenvalue weighted by Gasteiger charge is 2.50. The first kappa shape index (κ1) is 52.8. The van der Waals surface area contributed by atoms with Gasteiger partial charge in [-0.1, -0.05) is 207 Å². The van der Waals surface area contributed by atoms with Gasteiger partial charge in [-0.15, -0.1) is 11.3 Å². The van der Waals surface area contributed by atoms with Crippen LogP contribution in [0.15, 0.2) is 155 Å². The van der Waals surface area contributed by atoms with Gasteiger partial charge in [-0.25, -0.2) is 0 Å². The van der Waals surface area contributed by atoms with Crippen molar-refractivity contribution in [2.24, 2.45) is 0 Å². The number of anilines is 6. The number of thiophene rings is 1. The van der Waals surface area contributed by atoms with Crippen molar-refractivity contribution in [3.05, 3.63) is 207 Å². The Labute approximate surface area is 492 Å². The van der Waals surface area contributed by atoms with E-state index in [0.29, 0.717) is 0 Å². The summed E-state index contributed by atoms with van der Waals surface area (Å²) in [5, 5.41) is 1.36. The molecule has 14 rings (SSSR count). The van der Waals surface area contributed by atoms with E-state index in [4.69, 9.17) is 0 Å². The summed E-state index contributed by atoms with van der Waals surface area (Å²) in [4.78, 5) is 8.15. The number of nitrogens with zero attached hydrogens (tertiary/aromatic N) is 2. The van der Waals surface area contributed by atoms with Crippen LogP contribution in [0, 0.1) is 6.92 Å². The van der Waals surface area contributed by atoms with Crippen LogP contribution in [-0.4, -0.2) is 6.71 Å². The van der Waals surface area contributed by atoms with Gasteiger partial charge in [-0.05, 0) is 180 Å². The predicted molar refractivity (Wildman–Crippen MR) is 352 cm³/mol. The van der Waals surface area contributed by atoms with Crippen LogP contribution < -0.4 is 25.5 Å². The lowest BCUT2D eigenvalue weighted by atomic mass is 9.36. The molecular formula is C76H79BN2S2. The molecule has 0 amide bonds. The topological polar surface area (TPSA) is 6.48 Å². The summed E-state index contributed by atoms with van der Waals surface area (Å²) >= 11 is 4.00. The fraction of sp³-hybridized carbons (Fsp3) is 0.342. The van der Waals surface area contributed by atoms with Crippen molar-refractivity contribution in [3.63, 3.8) is 0 Å². The van der Waals surface area contributed by atoms with Gasteiger partial charge in [0, 0.05) is 69.2 Å². The zero-order valence-corrected chi connectivity index (χ0v) is 52.7. The van der Waals surface area contributed by atoms with E-state index in [1.165, 1.54) is 148 Å². The minimum atomic E-state index is -0.222. The highest BCUT2D eigenvalue weighted by atomic mass is 32.2. The fourth-order valence-electron chi connectivity index (χ4n) is 15.3. The molecule has 0 fully saturated rings. The van der Waals surface area contributed by atoms with Crippen LogP contribution in [0.25, 0.3) is 21.2 Å². The van der Waals surface area contributed by atoms with Crippen LogP contribution in [0.5, 0.6) is 0 Å². The highest BCUT2D eigenvalue weighted by molar-refractivity contribution is 7.99. The van der Waals surface area contributed by atoms with Crippen molar-refractivity contribution in [1.29, 1.82) is 0 Å². The molecule has 4 heterocycles. The van der Waals surface area contributed by atoms with Gasteiger partial charge in [0.2, 0.25) is 0 Å². The molecule has 0 spiro atoms. The quantitative estimate of drug-likeness (QED) is 0.163. The number of rotatable bonds is 3. The van der Waals surface area contributed by atoms with Gasteiger partial charge in [-0.3, -0.25) is 0 Å².